The Morgan fingerprint density at radius 1 is 0.875 bits per heavy atom. The Morgan fingerprint density at radius 3 is 2.19 bits per heavy atom. The van der Waals surface area contributed by atoms with Crippen molar-refractivity contribution in [3.05, 3.63) is 12.2 Å². The maximum absolute atomic E-state index is 11.3. The maximum atomic E-state index is 11.3. The molecule has 0 spiro atoms. The van der Waals surface area contributed by atoms with E-state index < -0.39 is 5.97 Å². The zero-order valence-corrected chi connectivity index (χ0v) is 9.50. The summed E-state index contributed by atoms with van der Waals surface area (Å²) in [5, 5.41) is 0. The van der Waals surface area contributed by atoms with Gasteiger partial charge in [0.25, 0.3) is 0 Å². The molecule has 0 unspecified atom stereocenters. The van der Waals surface area contributed by atoms with E-state index in [9.17, 15) is 9.59 Å². The van der Waals surface area contributed by atoms with Gasteiger partial charge in [0.2, 0.25) is 0 Å². The summed E-state index contributed by atoms with van der Waals surface area (Å²) in [7, 11) is 0. The third kappa shape index (κ3) is 4.96. The van der Waals surface area contributed by atoms with E-state index in [0.717, 1.165) is 25.7 Å². The molecule has 1 fully saturated rings. The molecule has 4 heteroatoms. The Labute approximate surface area is 95.6 Å². The van der Waals surface area contributed by atoms with Crippen LogP contribution < -0.4 is 0 Å². The third-order valence-electron chi connectivity index (χ3n) is 2.45. The maximum Gasteiger partial charge on any atom is 0.333 e. The summed E-state index contributed by atoms with van der Waals surface area (Å²) in [4.78, 5) is 22.6. The molecule has 0 atom stereocenters. The van der Waals surface area contributed by atoms with Crippen LogP contribution in [0.3, 0.4) is 0 Å². The molecular weight excluding hydrogens is 208 g/mol. The van der Waals surface area contributed by atoms with Crippen LogP contribution in [-0.4, -0.2) is 25.2 Å². The topological polar surface area (TPSA) is 52.6 Å². The van der Waals surface area contributed by atoms with Gasteiger partial charge in [-0.1, -0.05) is 6.58 Å². The lowest BCUT2D eigenvalue weighted by atomic mass is 10.2. The molecule has 0 amide bonds. The Morgan fingerprint density at radius 2 is 1.50 bits per heavy atom. The molecule has 1 heterocycles. The number of ether oxygens (including phenoxy) is 2. The first kappa shape index (κ1) is 12.7. The molecule has 0 aromatic heterocycles. The number of carbonyl (C=O) groups is 2. The Kier molecular flexibility index (Phi) is 5.61. The van der Waals surface area contributed by atoms with Gasteiger partial charge in [-0.2, -0.15) is 0 Å². The minimum Gasteiger partial charge on any atom is -0.466 e. The molecule has 0 aliphatic carbocycles. The smallest absolute Gasteiger partial charge is 0.333 e. The molecule has 16 heavy (non-hydrogen) atoms. The van der Waals surface area contributed by atoms with Crippen molar-refractivity contribution in [3.63, 3.8) is 0 Å². The highest BCUT2D eigenvalue weighted by Gasteiger charge is 2.12. The zero-order chi connectivity index (χ0) is 11.8. The van der Waals surface area contributed by atoms with Crippen molar-refractivity contribution in [1.29, 1.82) is 0 Å². The first-order valence-electron chi connectivity index (χ1n) is 5.70. The number of carbonyl (C=O) groups excluding carboxylic acids is 2. The van der Waals surface area contributed by atoms with Gasteiger partial charge in [0, 0.05) is 12.0 Å². The summed E-state index contributed by atoms with van der Waals surface area (Å²) in [5.74, 6) is -0.666. The van der Waals surface area contributed by atoms with E-state index in [2.05, 4.69) is 6.58 Å². The first-order chi connectivity index (χ1) is 7.70. The molecule has 0 saturated carbocycles. The minimum atomic E-state index is -0.396. The van der Waals surface area contributed by atoms with Gasteiger partial charge in [-0.15, -0.1) is 0 Å². The molecule has 1 aliphatic heterocycles. The van der Waals surface area contributed by atoms with Gasteiger partial charge < -0.3 is 9.47 Å². The molecule has 0 aromatic rings. The van der Waals surface area contributed by atoms with Crippen LogP contribution in [0.4, 0.5) is 0 Å². The average molecular weight is 226 g/mol. The summed E-state index contributed by atoms with van der Waals surface area (Å²) in [5.41, 5.74) is 0.344. The second kappa shape index (κ2) is 7.04. The first-order valence-corrected chi connectivity index (χ1v) is 5.70. The van der Waals surface area contributed by atoms with E-state index in [1.165, 1.54) is 0 Å². The second-order valence-corrected chi connectivity index (χ2v) is 3.87. The van der Waals surface area contributed by atoms with Gasteiger partial charge in [-0.05, 0) is 32.1 Å². The predicted octanol–water partition coefficient (Wildman–Crippen LogP) is 1.98. The van der Waals surface area contributed by atoms with Crippen molar-refractivity contribution >= 4 is 11.9 Å². The molecule has 4 nitrogen and oxygen atoms in total. The molecule has 1 saturated heterocycles. The number of rotatable bonds is 0. The molecular formula is C12H18O4. The van der Waals surface area contributed by atoms with E-state index in [0.29, 0.717) is 25.2 Å². The summed E-state index contributed by atoms with van der Waals surface area (Å²) in [6.45, 7) is 4.51. The van der Waals surface area contributed by atoms with Crippen LogP contribution in [0.2, 0.25) is 0 Å². The monoisotopic (exact) mass is 226 g/mol. The largest absolute Gasteiger partial charge is 0.466 e. The fourth-order valence-corrected chi connectivity index (χ4v) is 1.44. The van der Waals surface area contributed by atoms with Crippen LogP contribution in [-0.2, 0) is 19.1 Å². The lowest BCUT2D eigenvalue weighted by Crippen LogP contribution is -2.10. The Bertz CT molecular complexity index is 270. The van der Waals surface area contributed by atoms with Gasteiger partial charge >= 0.3 is 11.9 Å². The number of hydrogen-bond donors (Lipinski definition) is 0. The van der Waals surface area contributed by atoms with Crippen molar-refractivity contribution in [1.82, 2.24) is 0 Å². The van der Waals surface area contributed by atoms with Crippen molar-refractivity contribution in [2.75, 3.05) is 13.2 Å². The molecule has 1 rings (SSSR count). The highest BCUT2D eigenvalue weighted by Crippen LogP contribution is 2.09. The van der Waals surface area contributed by atoms with Crippen LogP contribution in [0, 0.1) is 0 Å². The van der Waals surface area contributed by atoms with Crippen LogP contribution in [0.1, 0.15) is 38.5 Å². The van der Waals surface area contributed by atoms with Gasteiger partial charge in [0.05, 0.1) is 13.2 Å². The van der Waals surface area contributed by atoms with Crippen LogP contribution in [0.5, 0.6) is 0 Å². The number of cyclic esters (lactones) is 2. The second-order valence-electron chi connectivity index (χ2n) is 3.87. The van der Waals surface area contributed by atoms with E-state index in [-0.39, 0.29) is 12.4 Å². The van der Waals surface area contributed by atoms with Gasteiger partial charge in [-0.3, -0.25) is 4.79 Å². The van der Waals surface area contributed by atoms with E-state index >= 15 is 0 Å². The van der Waals surface area contributed by atoms with Gasteiger partial charge in [0.15, 0.2) is 0 Å². The van der Waals surface area contributed by atoms with Crippen LogP contribution in [0.15, 0.2) is 12.2 Å². The van der Waals surface area contributed by atoms with E-state index in [1.807, 2.05) is 0 Å². The van der Waals surface area contributed by atoms with E-state index in [1.54, 1.807) is 0 Å². The van der Waals surface area contributed by atoms with Crippen LogP contribution >= 0.6 is 0 Å². The Balaban J connectivity index is 2.43. The van der Waals surface area contributed by atoms with Crippen LogP contribution in [0.25, 0.3) is 0 Å². The number of esters is 2. The fourth-order valence-electron chi connectivity index (χ4n) is 1.44. The Hall–Kier alpha value is -1.32. The van der Waals surface area contributed by atoms with Crippen molar-refractivity contribution in [2.45, 2.75) is 38.5 Å². The number of hydrogen-bond acceptors (Lipinski definition) is 4. The molecule has 0 radical (unpaired) electrons. The summed E-state index contributed by atoms with van der Waals surface area (Å²) in [6.07, 6.45) is 4.22. The summed E-state index contributed by atoms with van der Waals surface area (Å²) >= 11 is 0. The molecule has 0 aromatic carbocycles. The molecule has 0 bridgehead atoms. The lowest BCUT2D eigenvalue weighted by Gasteiger charge is -2.05. The summed E-state index contributed by atoms with van der Waals surface area (Å²) < 4.78 is 10.0. The van der Waals surface area contributed by atoms with Crippen molar-refractivity contribution < 1.29 is 19.1 Å². The highest BCUT2D eigenvalue weighted by molar-refractivity contribution is 5.88. The fraction of sp³-hybridized carbons (Fsp3) is 0.667. The third-order valence-corrected chi connectivity index (χ3v) is 2.45. The highest BCUT2D eigenvalue weighted by atomic mass is 16.5. The normalized spacial score (nSPS) is 21.1. The van der Waals surface area contributed by atoms with Gasteiger partial charge in [-0.25, -0.2) is 4.79 Å². The predicted molar refractivity (Wildman–Crippen MR) is 58.8 cm³/mol. The minimum absolute atomic E-state index is 0.202. The van der Waals surface area contributed by atoms with Crippen molar-refractivity contribution in [3.8, 4) is 0 Å². The quantitative estimate of drug-likeness (QED) is 0.468. The molecule has 0 N–H and O–H groups in total. The SMILES string of the molecule is C=C1CCC(=O)OCCCCCCOC1=O. The van der Waals surface area contributed by atoms with Gasteiger partial charge in [0.1, 0.15) is 0 Å². The molecule has 90 valence electrons. The molecule has 1 aliphatic rings. The zero-order valence-electron chi connectivity index (χ0n) is 9.50. The van der Waals surface area contributed by atoms with E-state index in [4.69, 9.17) is 9.47 Å². The summed E-state index contributed by atoms with van der Waals surface area (Å²) in [6, 6.07) is 0. The standard InChI is InChI=1S/C12H18O4/c1-10-6-7-11(13)15-8-4-2-3-5-9-16-12(10)14/h1-9H2. The lowest BCUT2D eigenvalue weighted by molar-refractivity contribution is -0.143. The van der Waals surface area contributed by atoms with Crippen molar-refractivity contribution in [2.24, 2.45) is 0 Å². The average Bonchev–Trinajstić information content (AvgIpc) is 2.29.